The third-order valence-electron chi connectivity index (χ3n) is 15.7. The van der Waals surface area contributed by atoms with Crippen molar-refractivity contribution in [2.75, 3.05) is 37.7 Å². The monoisotopic (exact) mass is 672 g/mol. The third-order valence-corrected chi connectivity index (χ3v) is 16.6. The number of rotatable bonds is 6. The number of fused-ring (bicyclic) bond motifs is 7. The van der Waals surface area contributed by atoms with Crippen LogP contribution < -0.4 is 10.8 Å². The van der Waals surface area contributed by atoms with E-state index >= 15 is 0 Å². The first-order chi connectivity index (χ1) is 22.9. The summed E-state index contributed by atoms with van der Waals surface area (Å²) < 4.78 is 0. The zero-order valence-corrected chi connectivity index (χ0v) is 32.0. The Morgan fingerprint density at radius 3 is 2.35 bits per heavy atom. The fraction of sp³-hybridized carbons (Fsp3) is 0.738. The zero-order valence-electron chi connectivity index (χ0n) is 31.2. The van der Waals surface area contributed by atoms with E-state index in [0.29, 0.717) is 39.9 Å². The van der Waals surface area contributed by atoms with E-state index in [1.807, 2.05) is 6.92 Å². The molecule has 5 aliphatic carbocycles. The van der Waals surface area contributed by atoms with Gasteiger partial charge < -0.3 is 10.3 Å². The molecule has 0 radical (unpaired) electrons. The second kappa shape index (κ2) is 13.9. The molecule has 4 saturated carbocycles. The number of amides is 1. The first-order valence-corrected chi connectivity index (χ1v) is 20.6. The lowest BCUT2D eigenvalue weighted by atomic mass is 9.32. The van der Waals surface area contributed by atoms with E-state index in [2.05, 4.69) is 93.5 Å². The number of hydrogen-bond donors (Lipinski definition) is 2. The van der Waals surface area contributed by atoms with Gasteiger partial charge in [-0.15, -0.1) is 6.58 Å². The Labute approximate surface area is 298 Å². The molecule has 2 N–H and O–H groups in total. The molecular weight excluding hydrogens is 607 g/mol. The molecule has 0 bridgehead atoms. The molecule has 1 aromatic carbocycles. The van der Waals surface area contributed by atoms with Crippen LogP contribution in [0.4, 0.5) is 0 Å². The van der Waals surface area contributed by atoms with E-state index in [1.165, 1.54) is 87.1 Å². The van der Waals surface area contributed by atoms with Crippen molar-refractivity contribution < 1.29 is 9.82 Å². The van der Waals surface area contributed by atoms with Gasteiger partial charge in [0.15, 0.2) is 0 Å². The highest BCUT2D eigenvalue weighted by atomic mass is 32.2. The van der Waals surface area contributed by atoms with E-state index in [9.17, 15) is 9.82 Å². The van der Waals surface area contributed by atoms with Crippen molar-refractivity contribution >= 4 is 36.2 Å². The van der Waals surface area contributed by atoms with Crippen LogP contribution in [-0.2, 0) is 4.79 Å². The summed E-state index contributed by atoms with van der Waals surface area (Å²) in [6.45, 7) is 22.5. The van der Waals surface area contributed by atoms with Gasteiger partial charge in [-0.3, -0.25) is 9.69 Å². The molecule has 5 fully saturated rings. The van der Waals surface area contributed by atoms with Crippen LogP contribution in [-0.4, -0.2) is 61.0 Å². The van der Waals surface area contributed by atoms with Crippen LogP contribution in [0.1, 0.15) is 111 Å². The molecule has 6 aliphatic rings. The summed E-state index contributed by atoms with van der Waals surface area (Å²) in [6.07, 6.45) is 16.7. The fourth-order valence-electron chi connectivity index (χ4n) is 13.2. The predicted octanol–water partition coefficient (Wildman–Crippen LogP) is 7.86. The van der Waals surface area contributed by atoms with E-state index < -0.39 is 0 Å². The molecular formula is C42H65BN2O2S. The number of carbonyl (C=O) groups is 1. The van der Waals surface area contributed by atoms with Gasteiger partial charge in [0, 0.05) is 37.7 Å². The first-order valence-electron chi connectivity index (χ1n) is 19.5. The second-order valence-corrected chi connectivity index (χ2v) is 19.1. The molecule has 0 aromatic heterocycles. The fourth-order valence-corrected chi connectivity index (χ4v) is 14.2. The molecule has 7 rings (SSSR count). The number of nitrogens with zero attached hydrogens (tertiary/aromatic N) is 1. The van der Waals surface area contributed by atoms with Gasteiger partial charge in [-0.2, -0.15) is 11.8 Å². The van der Waals surface area contributed by atoms with Crippen molar-refractivity contribution in [2.45, 2.75) is 106 Å². The molecule has 8 atom stereocenters. The van der Waals surface area contributed by atoms with Gasteiger partial charge in [-0.25, -0.2) is 0 Å². The molecule has 1 saturated heterocycles. The Morgan fingerprint density at radius 1 is 0.958 bits per heavy atom. The van der Waals surface area contributed by atoms with Crippen LogP contribution in [0.15, 0.2) is 43.0 Å². The van der Waals surface area contributed by atoms with Crippen molar-refractivity contribution in [3.8, 4) is 0 Å². The Balaban J connectivity index is 0.00000129. The standard InChI is InChI=1S/C39H59BN2O2S.C3H6/c1-35(2)29(27-8-10-28(40-44)11-9-27)14-17-36(3)32(35)15-18-38(5)33(36)13-12-30-31-7-6-16-39(31,20-19-37(30,38)4)34(43)41-21-22-42-23-25-45-26-24-42;1-3-2/h8-11,14,30-33,40,44H,6-7,12-13,15-26H2,1-5H3,(H,41,43);3H,1H2,2H3/t30?,31-,32?,33?,36?,37-,38?,39?;/m1./s1. The van der Waals surface area contributed by atoms with Crippen molar-refractivity contribution in [3.05, 3.63) is 48.6 Å². The lowest BCUT2D eigenvalue weighted by molar-refractivity contribution is -0.222. The smallest absolute Gasteiger partial charge is 0.304 e. The predicted molar refractivity (Wildman–Crippen MR) is 207 cm³/mol. The van der Waals surface area contributed by atoms with Crippen LogP contribution >= 0.6 is 11.8 Å². The summed E-state index contributed by atoms with van der Waals surface area (Å²) in [7, 11) is 0.105. The minimum Gasteiger partial charge on any atom is -0.449 e. The highest BCUT2D eigenvalue weighted by Gasteiger charge is 2.70. The highest BCUT2D eigenvalue weighted by molar-refractivity contribution is 7.99. The number of hydrogen-bond acceptors (Lipinski definition) is 4. The summed E-state index contributed by atoms with van der Waals surface area (Å²) in [4.78, 5) is 16.7. The van der Waals surface area contributed by atoms with Gasteiger partial charge in [0.05, 0.1) is 5.41 Å². The van der Waals surface area contributed by atoms with E-state index in [4.69, 9.17) is 0 Å². The first kappa shape index (κ1) is 36.3. The van der Waals surface area contributed by atoms with Crippen LogP contribution in [0.5, 0.6) is 0 Å². The highest BCUT2D eigenvalue weighted by Crippen LogP contribution is 2.77. The Morgan fingerprint density at radius 2 is 1.67 bits per heavy atom. The lowest BCUT2D eigenvalue weighted by Crippen LogP contribution is -2.66. The summed E-state index contributed by atoms with van der Waals surface area (Å²) >= 11 is 2.06. The summed E-state index contributed by atoms with van der Waals surface area (Å²) in [5, 5.41) is 13.1. The molecule has 1 aromatic rings. The molecule has 264 valence electrons. The molecule has 6 unspecified atom stereocenters. The maximum Gasteiger partial charge on any atom is 0.304 e. The van der Waals surface area contributed by atoms with Gasteiger partial charge in [0.25, 0.3) is 0 Å². The number of thioether (sulfide) groups is 1. The van der Waals surface area contributed by atoms with Crippen LogP contribution in [0.25, 0.3) is 5.57 Å². The number of benzene rings is 1. The van der Waals surface area contributed by atoms with Crippen molar-refractivity contribution in [1.29, 1.82) is 0 Å². The van der Waals surface area contributed by atoms with Gasteiger partial charge in [0.2, 0.25) is 5.91 Å². The minimum atomic E-state index is -0.123. The van der Waals surface area contributed by atoms with Gasteiger partial charge in [-0.1, -0.05) is 82.9 Å². The molecule has 6 heteroatoms. The molecule has 1 heterocycles. The van der Waals surface area contributed by atoms with Gasteiger partial charge in [-0.05, 0) is 121 Å². The van der Waals surface area contributed by atoms with E-state index in [0.717, 1.165) is 37.3 Å². The minimum absolute atomic E-state index is 0.105. The summed E-state index contributed by atoms with van der Waals surface area (Å²) in [5.41, 5.74) is 4.76. The number of allylic oxidation sites excluding steroid dienone is 3. The average Bonchev–Trinajstić information content (AvgIpc) is 3.51. The van der Waals surface area contributed by atoms with Crippen molar-refractivity contribution in [3.63, 3.8) is 0 Å². The van der Waals surface area contributed by atoms with E-state index in [-0.39, 0.29) is 18.3 Å². The maximum absolute atomic E-state index is 14.1. The SMILES string of the molecule is C=CC.CC1(C)C(c2ccc(BO)cc2)=CCC2(C)C1CCC1(C)C2CCC2[C@H]3CCCC3(C(=O)NCCN3CCSCC3)CC[C@]21C. The molecule has 48 heavy (non-hydrogen) atoms. The number of carbonyl (C=O) groups excluding carboxylic acids is 1. The number of nitrogens with one attached hydrogen (secondary N) is 1. The zero-order chi connectivity index (χ0) is 34.4. The van der Waals surface area contributed by atoms with Crippen molar-refractivity contribution in [1.82, 2.24) is 10.2 Å². The summed E-state index contributed by atoms with van der Waals surface area (Å²) in [6, 6.07) is 8.67. The largest absolute Gasteiger partial charge is 0.449 e. The Hall–Kier alpha value is -1.50. The second-order valence-electron chi connectivity index (χ2n) is 17.8. The van der Waals surface area contributed by atoms with Crippen molar-refractivity contribution in [2.24, 2.45) is 50.7 Å². The van der Waals surface area contributed by atoms with Crippen LogP contribution in [0.3, 0.4) is 0 Å². The molecule has 1 aliphatic heterocycles. The molecule has 4 nitrogen and oxygen atoms in total. The van der Waals surface area contributed by atoms with Gasteiger partial charge >= 0.3 is 7.48 Å². The van der Waals surface area contributed by atoms with E-state index in [1.54, 1.807) is 6.08 Å². The topological polar surface area (TPSA) is 52.6 Å². The Bertz CT molecular complexity index is 1360. The Kier molecular flexibility index (Phi) is 10.5. The molecule has 1 amide bonds. The van der Waals surface area contributed by atoms with Crippen LogP contribution in [0, 0.1) is 50.7 Å². The van der Waals surface area contributed by atoms with Crippen LogP contribution in [0.2, 0.25) is 0 Å². The quantitative estimate of drug-likeness (QED) is 0.239. The third kappa shape index (κ3) is 5.80. The average molecular weight is 673 g/mol. The van der Waals surface area contributed by atoms with Gasteiger partial charge in [0.1, 0.15) is 0 Å². The normalized spacial score (nSPS) is 40.0. The maximum atomic E-state index is 14.1. The summed E-state index contributed by atoms with van der Waals surface area (Å²) in [5.74, 6) is 5.49. The molecule has 0 spiro atoms. The lowest BCUT2D eigenvalue weighted by Gasteiger charge is -2.72.